The molecule has 0 spiro atoms. The molecule has 1 heterocycles. The van der Waals surface area contributed by atoms with Crippen molar-refractivity contribution in [2.24, 2.45) is 0 Å². The molecule has 0 aliphatic carbocycles. The number of benzene rings is 2. The number of nitrogens with zero attached hydrogens (tertiary/aromatic N) is 3. The van der Waals surface area contributed by atoms with Crippen LogP contribution in [-0.4, -0.2) is 57.5 Å². The molecule has 33 heavy (non-hydrogen) atoms. The Labute approximate surface area is 195 Å². The van der Waals surface area contributed by atoms with Gasteiger partial charge in [0.05, 0.1) is 29.3 Å². The molecule has 0 saturated heterocycles. The molecular weight excluding hydrogens is 442 g/mol. The summed E-state index contributed by atoms with van der Waals surface area (Å²) >= 11 is 0. The third-order valence-electron chi connectivity index (χ3n) is 5.48. The summed E-state index contributed by atoms with van der Waals surface area (Å²) < 4.78 is 31.3. The summed E-state index contributed by atoms with van der Waals surface area (Å²) in [7, 11) is -0.381. The van der Waals surface area contributed by atoms with E-state index in [2.05, 4.69) is 0 Å². The van der Waals surface area contributed by atoms with Crippen LogP contribution >= 0.6 is 0 Å². The molecule has 1 aliphatic rings. The first-order valence-electron chi connectivity index (χ1n) is 10.8. The molecule has 9 heteroatoms. The topological polar surface area (TPSA) is 87.2 Å². The summed E-state index contributed by atoms with van der Waals surface area (Å²) in [5, 5.41) is 0. The van der Waals surface area contributed by atoms with E-state index in [1.165, 1.54) is 25.3 Å². The number of amides is 2. The molecule has 0 aromatic heterocycles. The minimum absolute atomic E-state index is 0.107. The molecule has 2 aromatic carbocycles. The second-order valence-corrected chi connectivity index (χ2v) is 10.9. The predicted molar refractivity (Wildman–Crippen MR) is 130 cm³/mol. The molecule has 8 nitrogen and oxygen atoms in total. The number of fused-ring (bicyclic) bond motifs is 1. The number of sulfonamides is 1. The number of hydrogen-bond donors (Lipinski definition) is 0. The number of carbonyl (C=O) groups is 2. The van der Waals surface area contributed by atoms with E-state index in [4.69, 9.17) is 4.74 Å². The van der Waals surface area contributed by atoms with E-state index in [0.29, 0.717) is 23.5 Å². The van der Waals surface area contributed by atoms with Gasteiger partial charge in [-0.05, 0) is 49.6 Å². The fourth-order valence-electron chi connectivity index (χ4n) is 3.90. The summed E-state index contributed by atoms with van der Waals surface area (Å²) in [6, 6.07) is 12.6. The molecule has 178 valence electrons. The van der Waals surface area contributed by atoms with Crippen LogP contribution in [0.25, 0.3) is 11.1 Å². The predicted octanol–water partition coefficient (Wildman–Crippen LogP) is 3.85. The van der Waals surface area contributed by atoms with Gasteiger partial charge in [-0.2, -0.15) is 0 Å². The van der Waals surface area contributed by atoms with E-state index >= 15 is 0 Å². The standard InChI is InChI=1S/C24H31N3O5S/c1-16(2)32-24(29)26-14-17(3)27(18(4)28)22-11-10-21(13-23(22)26)20-9-7-8-19(12-20)15-33(30,31)25(5)6/h7-13,16-17H,14-15H2,1-6H3/t17-/m0/s1. The van der Waals surface area contributed by atoms with Crippen LogP contribution in [0, 0.1) is 0 Å². The maximum Gasteiger partial charge on any atom is 0.414 e. The largest absolute Gasteiger partial charge is 0.446 e. The Morgan fingerprint density at radius 3 is 2.36 bits per heavy atom. The van der Waals surface area contributed by atoms with Crippen molar-refractivity contribution in [1.29, 1.82) is 0 Å². The van der Waals surface area contributed by atoms with Crippen molar-refractivity contribution in [3.63, 3.8) is 0 Å². The first-order valence-corrected chi connectivity index (χ1v) is 12.4. The first-order chi connectivity index (χ1) is 15.4. The van der Waals surface area contributed by atoms with Crippen LogP contribution in [0.4, 0.5) is 16.2 Å². The number of rotatable bonds is 5. The maximum absolute atomic E-state index is 12.8. The molecule has 2 amide bonds. The van der Waals surface area contributed by atoms with Crippen LogP contribution < -0.4 is 9.80 Å². The Morgan fingerprint density at radius 1 is 1.09 bits per heavy atom. The SMILES string of the molecule is CC(=O)N1c2ccc(-c3cccc(CS(=O)(=O)N(C)C)c3)cc2N(C(=O)OC(C)C)C[C@@H]1C. The zero-order valence-electron chi connectivity index (χ0n) is 19.9. The van der Waals surface area contributed by atoms with Gasteiger partial charge in [0.2, 0.25) is 15.9 Å². The third kappa shape index (κ3) is 5.36. The number of ether oxygens (including phenoxy) is 1. The van der Waals surface area contributed by atoms with Gasteiger partial charge in [0.1, 0.15) is 0 Å². The fourth-order valence-corrected chi connectivity index (χ4v) is 4.76. The average molecular weight is 474 g/mol. The van der Waals surface area contributed by atoms with Crippen LogP contribution in [0.1, 0.15) is 33.3 Å². The molecule has 0 N–H and O–H groups in total. The van der Waals surface area contributed by atoms with Gasteiger partial charge in [-0.15, -0.1) is 0 Å². The molecular formula is C24H31N3O5S. The van der Waals surface area contributed by atoms with Crippen LogP contribution in [0.2, 0.25) is 0 Å². The average Bonchev–Trinajstić information content (AvgIpc) is 2.71. The van der Waals surface area contributed by atoms with Gasteiger partial charge in [0.15, 0.2) is 0 Å². The molecule has 0 bridgehead atoms. The van der Waals surface area contributed by atoms with Crippen LogP contribution in [0.3, 0.4) is 0 Å². The van der Waals surface area contributed by atoms with Crippen molar-refractivity contribution in [3.05, 3.63) is 48.0 Å². The number of carbonyl (C=O) groups excluding carboxylic acids is 2. The Balaban J connectivity index is 2.06. The second-order valence-electron chi connectivity index (χ2n) is 8.72. The van der Waals surface area contributed by atoms with Crippen LogP contribution in [-0.2, 0) is 25.3 Å². The van der Waals surface area contributed by atoms with E-state index < -0.39 is 16.1 Å². The van der Waals surface area contributed by atoms with E-state index in [1.54, 1.807) is 29.7 Å². The van der Waals surface area contributed by atoms with E-state index in [1.807, 2.05) is 43.3 Å². The smallest absolute Gasteiger partial charge is 0.414 e. The Bertz CT molecular complexity index is 1160. The van der Waals surface area contributed by atoms with Crippen molar-refractivity contribution in [2.45, 2.75) is 45.6 Å². The lowest BCUT2D eigenvalue weighted by atomic mass is 9.99. The fraction of sp³-hybridized carbons (Fsp3) is 0.417. The van der Waals surface area contributed by atoms with Gasteiger partial charge in [-0.1, -0.05) is 30.3 Å². The molecule has 3 rings (SSSR count). The highest BCUT2D eigenvalue weighted by Crippen LogP contribution is 2.39. The number of anilines is 2. The van der Waals surface area contributed by atoms with E-state index in [-0.39, 0.29) is 23.8 Å². The Morgan fingerprint density at radius 2 is 1.76 bits per heavy atom. The lowest BCUT2D eigenvalue weighted by Gasteiger charge is -2.40. The molecule has 0 radical (unpaired) electrons. The molecule has 0 saturated carbocycles. The summed E-state index contributed by atoms with van der Waals surface area (Å²) in [4.78, 5) is 28.4. The van der Waals surface area contributed by atoms with E-state index in [9.17, 15) is 18.0 Å². The Kier molecular flexibility index (Phi) is 7.14. The van der Waals surface area contributed by atoms with Gasteiger partial charge in [0.25, 0.3) is 0 Å². The highest BCUT2D eigenvalue weighted by Gasteiger charge is 2.34. The summed E-state index contributed by atoms with van der Waals surface area (Å²) in [6.45, 7) is 7.28. The zero-order chi connectivity index (χ0) is 24.5. The van der Waals surface area contributed by atoms with Gasteiger partial charge >= 0.3 is 6.09 Å². The van der Waals surface area contributed by atoms with Crippen LogP contribution in [0.5, 0.6) is 0 Å². The first kappa shape index (κ1) is 24.7. The minimum atomic E-state index is -3.40. The third-order valence-corrected chi connectivity index (χ3v) is 7.29. The van der Waals surface area contributed by atoms with Crippen molar-refractivity contribution in [2.75, 3.05) is 30.4 Å². The summed E-state index contributed by atoms with van der Waals surface area (Å²) in [6.07, 6.45) is -0.745. The lowest BCUT2D eigenvalue weighted by Crippen LogP contribution is -2.51. The van der Waals surface area contributed by atoms with Gasteiger partial charge in [-0.3, -0.25) is 9.69 Å². The van der Waals surface area contributed by atoms with Crippen molar-refractivity contribution >= 4 is 33.4 Å². The molecule has 0 fully saturated rings. The summed E-state index contributed by atoms with van der Waals surface area (Å²) in [5.41, 5.74) is 3.50. The molecule has 2 aromatic rings. The number of hydrogen-bond acceptors (Lipinski definition) is 5. The van der Waals surface area contributed by atoms with E-state index in [0.717, 1.165) is 11.1 Å². The minimum Gasteiger partial charge on any atom is -0.446 e. The van der Waals surface area contributed by atoms with Crippen molar-refractivity contribution in [3.8, 4) is 11.1 Å². The monoisotopic (exact) mass is 473 g/mol. The second kappa shape index (κ2) is 9.52. The van der Waals surface area contributed by atoms with Gasteiger partial charge < -0.3 is 9.64 Å². The Hall–Kier alpha value is -2.91. The molecule has 0 unspecified atom stereocenters. The maximum atomic E-state index is 12.8. The normalized spacial score (nSPS) is 16.2. The lowest BCUT2D eigenvalue weighted by molar-refractivity contribution is -0.117. The highest BCUT2D eigenvalue weighted by molar-refractivity contribution is 7.88. The van der Waals surface area contributed by atoms with Crippen molar-refractivity contribution in [1.82, 2.24) is 4.31 Å². The van der Waals surface area contributed by atoms with Gasteiger partial charge in [-0.25, -0.2) is 17.5 Å². The van der Waals surface area contributed by atoms with Crippen molar-refractivity contribution < 1.29 is 22.7 Å². The van der Waals surface area contributed by atoms with Gasteiger partial charge in [0, 0.05) is 27.6 Å². The van der Waals surface area contributed by atoms with Crippen LogP contribution in [0.15, 0.2) is 42.5 Å². The summed E-state index contributed by atoms with van der Waals surface area (Å²) in [5.74, 6) is -0.217. The molecule has 1 aliphatic heterocycles. The highest BCUT2D eigenvalue weighted by atomic mass is 32.2. The molecule has 1 atom stereocenters. The quantitative estimate of drug-likeness (QED) is 0.658. The zero-order valence-corrected chi connectivity index (χ0v) is 20.7.